The predicted molar refractivity (Wildman–Crippen MR) is 64.7 cm³/mol. The molecular formula is C13H18FNO2. The fraction of sp³-hybridized carbons (Fsp3) is 0.538. The quantitative estimate of drug-likeness (QED) is 0.876. The number of benzene rings is 1. The molecule has 1 heterocycles. The molecule has 1 aliphatic heterocycles. The number of halogens is 1. The van der Waals surface area contributed by atoms with Crippen LogP contribution < -0.4 is 4.90 Å². The van der Waals surface area contributed by atoms with Gasteiger partial charge in [0.15, 0.2) is 0 Å². The number of rotatable bonds is 3. The molecule has 3 nitrogen and oxygen atoms in total. The van der Waals surface area contributed by atoms with E-state index in [9.17, 15) is 9.50 Å². The maximum atomic E-state index is 13.2. The van der Waals surface area contributed by atoms with Crippen molar-refractivity contribution in [3.8, 4) is 0 Å². The lowest BCUT2D eigenvalue weighted by Crippen LogP contribution is -2.32. The molecule has 1 saturated heterocycles. The molecule has 1 N–H and O–H groups in total. The predicted octanol–water partition coefficient (Wildman–Crippen LogP) is 2.10. The van der Waals surface area contributed by atoms with Crippen LogP contribution in [0.15, 0.2) is 18.2 Å². The molecule has 0 amide bonds. The summed E-state index contributed by atoms with van der Waals surface area (Å²) < 4.78 is 18.5. The fourth-order valence-electron chi connectivity index (χ4n) is 2.21. The highest BCUT2D eigenvalue weighted by atomic mass is 19.1. The van der Waals surface area contributed by atoms with Crippen LogP contribution in [0.5, 0.6) is 0 Å². The Hall–Kier alpha value is -1.13. The molecule has 17 heavy (non-hydrogen) atoms. The Labute approximate surface area is 101 Å². The number of likely N-dealkylation sites (N-methyl/N-ethyl adjacent to an activating group) is 1. The zero-order chi connectivity index (χ0) is 12.4. The van der Waals surface area contributed by atoms with Crippen LogP contribution in [0.1, 0.15) is 25.0 Å². The van der Waals surface area contributed by atoms with Crippen LogP contribution in [-0.2, 0) is 4.74 Å². The molecule has 2 atom stereocenters. The minimum absolute atomic E-state index is 0.304. The van der Waals surface area contributed by atoms with Gasteiger partial charge in [0.2, 0.25) is 0 Å². The zero-order valence-electron chi connectivity index (χ0n) is 10.2. The van der Waals surface area contributed by atoms with Crippen LogP contribution in [0, 0.1) is 5.82 Å². The Morgan fingerprint density at radius 3 is 2.88 bits per heavy atom. The van der Waals surface area contributed by atoms with E-state index in [1.165, 1.54) is 12.1 Å². The number of aliphatic hydroxyl groups is 1. The summed E-state index contributed by atoms with van der Waals surface area (Å²) >= 11 is 0. The standard InChI is InChI=1S/C13H18FNO2/c1-9(16)12-7-10(14)3-4-13(12)15(2)11-5-6-17-8-11/h3-4,7,9,11,16H,5-6,8H2,1-2H3/t9-,11?/m1/s1. The lowest BCUT2D eigenvalue weighted by atomic mass is 10.1. The summed E-state index contributed by atoms with van der Waals surface area (Å²) in [6.07, 6.45) is 0.290. The number of aliphatic hydroxyl groups excluding tert-OH is 1. The number of hydrogen-bond acceptors (Lipinski definition) is 3. The minimum Gasteiger partial charge on any atom is -0.389 e. The monoisotopic (exact) mass is 239 g/mol. The number of ether oxygens (including phenoxy) is 1. The van der Waals surface area contributed by atoms with Crippen LogP contribution in [0.2, 0.25) is 0 Å². The Morgan fingerprint density at radius 2 is 2.29 bits per heavy atom. The highest BCUT2D eigenvalue weighted by molar-refractivity contribution is 5.55. The molecule has 1 aromatic carbocycles. The Balaban J connectivity index is 2.29. The molecule has 0 aliphatic carbocycles. The van der Waals surface area contributed by atoms with Crippen molar-refractivity contribution in [2.45, 2.75) is 25.5 Å². The van der Waals surface area contributed by atoms with Crippen molar-refractivity contribution >= 4 is 5.69 Å². The molecule has 1 unspecified atom stereocenters. The molecule has 2 rings (SSSR count). The molecule has 4 heteroatoms. The van der Waals surface area contributed by atoms with Crippen LogP contribution in [-0.4, -0.2) is 31.4 Å². The van der Waals surface area contributed by atoms with Gasteiger partial charge in [-0.1, -0.05) is 0 Å². The van der Waals surface area contributed by atoms with E-state index in [2.05, 4.69) is 4.90 Å². The van der Waals surface area contributed by atoms with Gasteiger partial charge in [-0.3, -0.25) is 0 Å². The van der Waals surface area contributed by atoms with Crippen molar-refractivity contribution < 1.29 is 14.2 Å². The van der Waals surface area contributed by atoms with E-state index in [1.807, 2.05) is 7.05 Å². The second-order valence-corrected chi connectivity index (χ2v) is 4.51. The lowest BCUT2D eigenvalue weighted by Gasteiger charge is -2.28. The van der Waals surface area contributed by atoms with Gasteiger partial charge in [-0.05, 0) is 31.5 Å². The van der Waals surface area contributed by atoms with Gasteiger partial charge in [0.1, 0.15) is 5.82 Å². The molecular weight excluding hydrogens is 221 g/mol. The lowest BCUT2D eigenvalue weighted by molar-refractivity contribution is 0.192. The number of anilines is 1. The molecule has 1 fully saturated rings. The van der Waals surface area contributed by atoms with Crippen LogP contribution in [0.25, 0.3) is 0 Å². The fourth-order valence-corrected chi connectivity index (χ4v) is 2.21. The maximum Gasteiger partial charge on any atom is 0.123 e. The van der Waals surface area contributed by atoms with E-state index in [-0.39, 0.29) is 5.82 Å². The Morgan fingerprint density at radius 1 is 1.53 bits per heavy atom. The molecule has 1 aromatic rings. The minimum atomic E-state index is -0.675. The molecule has 94 valence electrons. The van der Waals surface area contributed by atoms with Gasteiger partial charge < -0.3 is 14.7 Å². The van der Waals surface area contributed by atoms with Crippen molar-refractivity contribution in [1.82, 2.24) is 0 Å². The maximum absolute atomic E-state index is 13.2. The average molecular weight is 239 g/mol. The second kappa shape index (κ2) is 5.02. The third-order valence-electron chi connectivity index (χ3n) is 3.27. The van der Waals surface area contributed by atoms with Crippen molar-refractivity contribution in [2.75, 3.05) is 25.2 Å². The smallest absolute Gasteiger partial charge is 0.123 e. The van der Waals surface area contributed by atoms with Gasteiger partial charge >= 0.3 is 0 Å². The first kappa shape index (κ1) is 12.3. The van der Waals surface area contributed by atoms with Crippen LogP contribution >= 0.6 is 0 Å². The van der Waals surface area contributed by atoms with E-state index in [0.717, 1.165) is 18.7 Å². The third-order valence-corrected chi connectivity index (χ3v) is 3.27. The van der Waals surface area contributed by atoms with E-state index < -0.39 is 6.10 Å². The van der Waals surface area contributed by atoms with Gasteiger partial charge in [-0.25, -0.2) is 4.39 Å². The van der Waals surface area contributed by atoms with Gasteiger partial charge in [-0.2, -0.15) is 0 Å². The number of nitrogens with zero attached hydrogens (tertiary/aromatic N) is 1. The Bertz CT molecular complexity index is 389. The summed E-state index contributed by atoms with van der Waals surface area (Å²) in [5.41, 5.74) is 1.50. The molecule has 0 radical (unpaired) electrons. The Kier molecular flexibility index (Phi) is 3.64. The SMILES string of the molecule is C[C@@H](O)c1cc(F)ccc1N(C)C1CCOC1. The van der Waals surface area contributed by atoms with Crippen LogP contribution in [0.4, 0.5) is 10.1 Å². The molecule has 1 aliphatic rings. The summed E-state index contributed by atoms with van der Waals surface area (Å²) in [7, 11) is 1.96. The van der Waals surface area contributed by atoms with E-state index in [0.29, 0.717) is 18.2 Å². The molecule has 0 aromatic heterocycles. The summed E-state index contributed by atoms with van der Waals surface area (Å²) in [4.78, 5) is 2.06. The van der Waals surface area contributed by atoms with Gasteiger partial charge in [0.25, 0.3) is 0 Å². The van der Waals surface area contributed by atoms with Crippen molar-refractivity contribution in [1.29, 1.82) is 0 Å². The van der Waals surface area contributed by atoms with Gasteiger partial charge in [0, 0.05) is 24.9 Å². The second-order valence-electron chi connectivity index (χ2n) is 4.51. The van der Waals surface area contributed by atoms with Crippen LogP contribution in [0.3, 0.4) is 0 Å². The normalized spacial score (nSPS) is 21.5. The summed E-state index contributed by atoms with van der Waals surface area (Å²) in [5.74, 6) is -0.319. The van der Waals surface area contributed by atoms with Crippen molar-refractivity contribution in [3.63, 3.8) is 0 Å². The largest absolute Gasteiger partial charge is 0.389 e. The molecule has 0 spiro atoms. The summed E-state index contributed by atoms with van der Waals surface area (Å²) in [6, 6.07) is 4.84. The molecule has 0 bridgehead atoms. The van der Waals surface area contributed by atoms with E-state index >= 15 is 0 Å². The van der Waals surface area contributed by atoms with Crippen molar-refractivity contribution in [3.05, 3.63) is 29.6 Å². The zero-order valence-corrected chi connectivity index (χ0v) is 10.2. The van der Waals surface area contributed by atoms with E-state index in [4.69, 9.17) is 4.74 Å². The molecule has 0 saturated carbocycles. The van der Waals surface area contributed by atoms with Gasteiger partial charge in [-0.15, -0.1) is 0 Å². The average Bonchev–Trinajstić information content (AvgIpc) is 2.81. The van der Waals surface area contributed by atoms with Crippen molar-refractivity contribution in [2.24, 2.45) is 0 Å². The highest BCUT2D eigenvalue weighted by Gasteiger charge is 2.23. The highest BCUT2D eigenvalue weighted by Crippen LogP contribution is 2.29. The summed E-state index contributed by atoms with van der Waals surface area (Å²) in [5, 5.41) is 9.70. The van der Waals surface area contributed by atoms with Gasteiger partial charge in [0.05, 0.1) is 18.8 Å². The summed E-state index contributed by atoms with van der Waals surface area (Å²) in [6.45, 7) is 3.10. The number of hydrogen-bond donors (Lipinski definition) is 1. The first-order valence-corrected chi connectivity index (χ1v) is 5.87. The first-order valence-electron chi connectivity index (χ1n) is 5.87. The van der Waals surface area contributed by atoms with E-state index in [1.54, 1.807) is 13.0 Å². The third kappa shape index (κ3) is 2.58. The first-order chi connectivity index (χ1) is 8.09. The topological polar surface area (TPSA) is 32.7 Å².